The van der Waals surface area contributed by atoms with Crippen LogP contribution in [0, 0.1) is 12.3 Å². The van der Waals surface area contributed by atoms with E-state index in [1.165, 1.54) is 0 Å². The van der Waals surface area contributed by atoms with Gasteiger partial charge in [0.2, 0.25) is 0 Å². The number of fused-ring (bicyclic) bond motifs is 2. The van der Waals surface area contributed by atoms with Crippen LogP contribution in [0.25, 0.3) is 32.9 Å². The van der Waals surface area contributed by atoms with Crippen LogP contribution in [0.1, 0.15) is 15.9 Å². The topological polar surface area (TPSA) is 63.6 Å². The molecule has 0 radical (unpaired) electrons. The van der Waals surface area contributed by atoms with Gasteiger partial charge in [-0.25, -0.2) is 10.4 Å². The zero-order valence-corrected chi connectivity index (χ0v) is 18.8. The Bertz CT molecular complexity index is 1600. The fourth-order valence-electron chi connectivity index (χ4n) is 3.99. The molecule has 5 rings (SSSR count). The Balaban J connectivity index is 1.50. The Kier molecular flexibility index (Phi) is 6.19. The lowest BCUT2D eigenvalue weighted by atomic mass is 10.0. The molecule has 0 aliphatic rings. The standard InChI is InChI=1S/C30H21N3O2/c1-2-18-35-29-17-16-21-10-6-7-13-23(21)26(29)20-31-33-30(34)25-19-28(22-11-4-3-5-12-22)32-27-15-9-8-14-24(25)27/h1,3-17,19-20H,18H2,(H,33,34)/b31-20-. The Labute approximate surface area is 203 Å². The average Bonchev–Trinajstić information content (AvgIpc) is 2.92. The Morgan fingerprint density at radius 1 is 0.943 bits per heavy atom. The molecule has 5 heteroatoms. The Morgan fingerprint density at radius 3 is 2.51 bits per heavy atom. The molecule has 35 heavy (non-hydrogen) atoms. The van der Waals surface area contributed by atoms with E-state index in [-0.39, 0.29) is 12.5 Å². The summed E-state index contributed by atoms with van der Waals surface area (Å²) in [6.07, 6.45) is 6.96. The van der Waals surface area contributed by atoms with Crippen LogP contribution < -0.4 is 10.2 Å². The third kappa shape index (κ3) is 4.59. The van der Waals surface area contributed by atoms with E-state index in [0.29, 0.717) is 11.3 Å². The summed E-state index contributed by atoms with van der Waals surface area (Å²) < 4.78 is 5.71. The van der Waals surface area contributed by atoms with E-state index < -0.39 is 0 Å². The van der Waals surface area contributed by atoms with Crippen LogP contribution in [0.4, 0.5) is 0 Å². The minimum atomic E-state index is -0.330. The van der Waals surface area contributed by atoms with E-state index in [0.717, 1.165) is 38.5 Å². The SMILES string of the molecule is C#CCOc1ccc2ccccc2c1/C=N\NC(=O)c1cc(-c2ccccc2)nc2ccccc12. The number of pyridine rings is 1. The molecule has 1 amide bonds. The second-order valence-corrected chi connectivity index (χ2v) is 7.83. The van der Waals surface area contributed by atoms with Gasteiger partial charge in [-0.1, -0.05) is 84.8 Å². The molecule has 1 aromatic heterocycles. The summed E-state index contributed by atoms with van der Waals surface area (Å²) in [5.74, 6) is 2.75. The number of para-hydroxylation sites is 1. The Morgan fingerprint density at radius 2 is 1.69 bits per heavy atom. The van der Waals surface area contributed by atoms with Gasteiger partial charge in [0.25, 0.3) is 5.91 Å². The fraction of sp³-hybridized carbons (Fsp3) is 0.0333. The van der Waals surface area contributed by atoms with E-state index in [4.69, 9.17) is 16.1 Å². The van der Waals surface area contributed by atoms with Crippen LogP contribution in [0.5, 0.6) is 5.75 Å². The van der Waals surface area contributed by atoms with Crippen LogP contribution >= 0.6 is 0 Å². The molecular formula is C30H21N3O2. The molecule has 0 spiro atoms. The molecule has 4 aromatic carbocycles. The summed E-state index contributed by atoms with van der Waals surface area (Å²) in [6, 6.07) is 30.8. The predicted octanol–water partition coefficient (Wildman–Crippen LogP) is 5.83. The van der Waals surface area contributed by atoms with Gasteiger partial charge in [0.05, 0.1) is 23.0 Å². The number of hydrazone groups is 1. The van der Waals surface area contributed by atoms with Gasteiger partial charge in [-0.15, -0.1) is 6.42 Å². The van der Waals surface area contributed by atoms with Gasteiger partial charge in [0, 0.05) is 16.5 Å². The monoisotopic (exact) mass is 455 g/mol. The maximum absolute atomic E-state index is 13.2. The van der Waals surface area contributed by atoms with Crippen molar-refractivity contribution < 1.29 is 9.53 Å². The number of nitrogens with zero attached hydrogens (tertiary/aromatic N) is 2. The van der Waals surface area contributed by atoms with Crippen molar-refractivity contribution in [3.63, 3.8) is 0 Å². The maximum Gasteiger partial charge on any atom is 0.272 e. The van der Waals surface area contributed by atoms with Crippen molar-refractivity contribution in [2.24, 2.45) is 5.10 Å². The first kappa shape index (κ1) is 21.9. The smallest absolute Gasteiger partial charge is 0.272 e. The molecular weight excluding hydrogens is 434 g/mol. The minimum absolute atomic E-state index is 0.136. The molecule has 5 aromatic rings. The molecule has 0 aliphatic heterocycles. The van der Waals surface area contributed by atoms with Crippen molar-refractivity contribution in [3.05, 3.63) is 108 Å². The molecule has 0 saturated carbocycles. The van der Waals surface area contributed by atoms with Crippen LogP contribution in [0.15, 0.2) is 102 Å². The van der Waals surface area contributed by atoms with E-state index >= 15 is 0 Å². The normalized spacial score (nSPS) is 10.9. The average molecular weight is 456 g/mol. The lowest BCUT2D eigenvalue weighted by Gasteiger charge is -2.10. The summed E-state index contributed by atoms with van der Waals surface area (Å²) >= 11 is 0. The highest BCUT2D eigenvalue weighted by Gasteiger charge is 2.14. The molecule has 168 valence electrons. The van der Waals surface area contributed by atoms with Crippen LogP contribution in [-0.2, 0) is 0 Å². The lowest BCUT2D eigenvalue weighted by molar-refractivity contribution is 0.0956. The van der Waals surface area contributed by atoms with Gasteiger partial charge in [-0.3, -0.25) is 4.79 Å². The number of ether oxygens (including phenoxy) is 1. The van der Waals surface area contributed by atoms with Crippen LogP contribution in [-0.4, -0.2) is 23.7 Å². The highest BCUT2D eigenvalue weighted by molar-refractivity contribution is 6.08. The molecule has 1 heterocycles. The number of aromatic nitrogens is 1. The second-order valence-electron chi connectivity index (χ2n) is 7.83. The van der Waals surface area contributed by atoms with Gasteiger partial charge in [0.15, 0.2) is 0 Å². The van der Waals surface area contributed by atoms with Crippen molar-refractivity contribution in [1.82, 2.24) is 10.4 Å². The first-order valence-electron chi connectivity index (χ1n) is 11.1. The van der Waals surface area contributed by atoms with E-state index in [2.05, 4.69) is 16.4 Å². The van der Waals surface area contributed by atoms with Crippen molar-refractivity contribution >= 4 is 33.8 Å². The summed E-state index contributed by atoms with van der Waals surface area (Å²) in [4.78, 5) is 18.0. The zero-order chi connectivity index (χ0) is 24.0. The molecule has 5 nitrogen and oxygen atoms in total. The van der Waals surface area contributed by atoms with Crippen LogP contribution in [0.3, 0.4) is 0 Å². The van der Waals surface area contributed by atoms with Crippen molar-refractivity contribution in [3.8, 4) is 29.4 Å². The zero-order valence-electron chi connectivity index (χ0n) is 18.8. The summed E-state index contributed by atoms with van der Waals surface area (Å²) in [6.45, 7) is 0.136. The number of carbonyl (C=O) groups is 1. The van der Waals surface area contributed by atoms with E-state index in [1.807, 2.05) is 91.0 Å². The number of rotatable bonds is 6. The number of amides is 1. The number of carbonyl (C=O) groups excluding carboxylic acids is 1. The number of nitrogens with one attached hydrogen (secondary N) is 1. The van der Waals surface area contributed by atoms with E-state index in [1.54, 1.807) is 12.3 Å². The highest BCUT2D eigenvalue weighted by atomic mass is 16.5. The summed E-state index contributed by atoms with van der Waals surface area (Å²) in [5.41, 5.74) is 6.30. The first-order valence-corrected chi connectivity index (χ1v) is 11.1. The molecule has 0 unspecified atom stereocenters. The minimum Gasteiger partial charge on any atom is -0.480 e. The number of hydrogen-bond donors (Lipinski definition) is 1. The molecule has 1 N–H and O–H groups in total. The fourth-order valence-corrected chi connectivity index (χ4v) is 3.99. The van der Waals surface area contributed by atoms with Crippen molar-refractivity contribution in [2.45, 2.75) is 0 Å². The largest absolute Gasteiger partial charge is 0.480 e. The maximum atomic E-state index is 13.2. The lowest BCUT2D eigenvalue weighted by Crippen LogP contribution is -2.18. The van der Waals surface area contributed by atoms with E-state index in [9.17, 15) is 4.79 Å². The van der Waals surface area contributed by atoms with Gasteiger partial charge >= 0.3 is 0 Å². The predicted molar refractivity (Wildman–Crippen MR) is 141 cm³/mol. The molecule has 0 bridgehead atoms. The second kappa shape index (κ2) is 9.90. The summed E-state index contributed by atoms with van der Waals surface area (Å²) in [5, 5.41) is 7.00. The van der Waals surface area contributed by atoms with Gasteiger partial charge in [-0.05, 0) is 29.0 Å². The van der Waals surface area contributed by atoms with Gasteiger partial charge in [-0.2, -0.15) is 5.10 Å². The van der Waals surface area contributed by atoms with Gasteiger partial charge in [0.1, 0.15) is 12.4 Å². The number of benzene rings is 4. The first-order chi connectivity index (χ1) is 17.2. The quantitative estimate of drug-likeness (QED) is 0.199. The molecule has 0 fully saturated rings. The Hall–Kier alpha value is -4.95. The number of hydrogen-bond acceptors (Lipinski definition) is 4. The third-order valence-corrected chi connectivity index (χ3v) is 5.63. The van der Waals surface area contributed by atoms with Crippen molar-refractivity contribution in [1.29, 1.82) is 0 Å². The molecule has 0 saturated heterocycles. The van der Waals surface area contributed by atoms with Gasteiger partial charge < -0.3 is 4.74 Å². The summed E-state index contributed by atoms with van der Waals surface area (Å²) in [7, 11) is 0. The number of terminal acetylenes is 1. The van der Waals surface area contributed by atoms with Crippen molar-refractivity contribution in [2.75, 3.05) is 6.61 Å². The molecule has 0 aliphatic carbocycles. The van der Waals surface area contributed by atoms with Crippen LogP contribution in [0.2, 0.25) is 0 Å². The highest BCUT2D eigenvalue weighted by Crippen LogP contribution is 2.27. The molecule has 0 atom stereocenters. The third-order valence-electron chi connectivity index (χ3n) is 5.63.